The number of amides is 1. The lowest BCUT2D eigenvalue weighted by molar-refractivity contribution is 0.118. The zero-order chi connectivity index (χ0) is 24.3. The highest BCUT2D eigenvalue weighted by atomic mass is 32.1. The van der Waals surface area contributed by atoms with Crippen molar-refractivity contribution in [3.05, 3.63) is 94.4 Å². The Morgan fingerprint density at radius 2 is 1.82 bits per heavy atom. The zero-order valence-corrected chi connectivity index (χ0v) is 19.3. The van der Waals surface area contributed by atoms with Crippen molar-refractivity contribution in [2.45, 2.75) is 31.6 Å². The minimum atomic E-state index is -0.795. The molecular weight excluding hydrogens is 461 g/mol. The second kappa shape index (κ2) is 12.7. The number of nitroso groups, excluding NO2 is 1. The van der Waals surface area contributed by atoms with Crippen LogP contribution < -0.4 is 10.1 Å². The van der Waals surface area contributed by atoms with Crippen LogP contribution in [0.4, 0.5) is 14.9 Å². The molecule has 0 saturated heterocycles. The number of rotatable bonds is 11. The van der Waals surface area contributed by atoms with Crippen molar-refractivity contribution in [3.63, 3.8) is 0 Å². The standard InChI is InChI=1S/C24H24FN3O5S/c1-31-21-9-4-17(5-10-21)15-32-24(29)27-22(11-6-16-2-7-20(28-30)8-3-16)23(33-34)18-12-19(25)14-26-13-18/h2-5,7-10,12-14,22-23,34H,6,11,15H2,1H3,(H,27,29)/t22-,23-/m1/s1. The Morgan fingerprint density at radius 1 is 1.12 bits per heavy atom. The van der Waals surface area contributed by atoms with Crippen LogP contribution in [0.25, 0.3) is 0 Å². The van der Waals surface area contributed by atoms with Crippen LogP contribution in [-0.2, 0) is 21.9 Å². The highest BCUT2D eigenvalue weighted by Crippen LogP contribution is 2.26. The van der Waals surface area contributed by atoms with Crippen LogP contribution >= 0.6 is 12.9 Å². The first-order valence-electron chi connectivity index (χ1n) is 10.4. The van der Waals surface area contributed by atoms with E-state index in [1.807, 2.05) is 0 Å². The summed E-state index contributed by atoms with van der Waals surface area (Å²) in [6.07, 6.45) is 2.00. The van der Waals surface area contributed by atoms with E-state index in [0.29, 0.717) is 29.8 Å². The van der Waals surface area contributed by atoms with E-state index in [2.05, 4.69) is 28.4 Å². The number of pyridine rings is 1. The van der Waals surface area contributed by atoms with Gasteiger partial charge < -0.3 is 19.0 Å². The number of hydrogen-bond donors (Lipinski definition) is 2. The third-order valence-electron chi connectivity index (χ3n) is 5.15. The maximum absolute atomic E-state index is 13.8. The van der Waals surface area contributed by atoms with Crippen molar-refractivity contribution in [2.75, 3.05) is 7.11 Å². The summed E-state index contributed by atoms with van der Waals surface area (Å²) in [6, 6.07) is 14.5. The molecule has 34 heavy (non-hydrogen) atoms. The lowest BCUT2D eigenvalue weighted by atomic mass is 9.97. The molecule has 1 heterocycles. The number of thiol groups is 1. The van der Waals surface area contributed by atoms with E-state index in [4.69, 9.17) is 13.7 Å². The molecule has 1 aromatic heterocycles. The van der Waals surface area contributed by atoms with Gasteiger partial charge in [0.15, 0.2) is 0 Å². The molecule has 0 radical (unpaired) electrons. The first-order valence-corrected chi connectivity index (χ1v) is 10.8. The van der Waals surface area contributed by atoms with Crippen LogP contribution in [0.5, 0.6) is 5.75 Å². The maximum atomic E-state index is 13.8. The van der Waals surface area contributed by atoms with Gasteiger partial charge in [-0.1, -0.05) is 24.3 Å². The Morgan fingerprint density at radius 3 is 2.44 bits per heavy atom. The lowest BCUT2D eigenvalue weighted by Gasteiger charge is -2.26. The molecule has 3 aromatic rings. The third kappa shape index (κ3) is 7.26. The van der Waals surface area contributed by atoms with E-state index in [9.17, 15) is 14.1 Å². The molecule has 8 nitrogen and oxygen atoms in total. The fraction of sp³-hybridized carbons (Fsp3) is 0.250. The van der Waals surface area contributed by atoms with Crippen molar-refractivity contribution in [1.29, 1.82) is 0 Å². The molecule has 0 spiro atoms. The number of methoxy groups -OCH3 is 1. The normalized spacial score (nSPS) is 12.4. The summed E-state index contributed by atoms with van der Waals surface area (Å²) >= 11 is 3.96. The first-order chi connectivity index (χ1) is 16.5. The molecule has 0 aliphatic rings. The number of nitrogens with one attached hydrogen (secondary N) is 1. The second-order valence-electron chi connectivity index (χ2n) is 7.43. The van der Waals surface area contributed by atoms with Gasteiger partial charge in [0.05, 0.1) is 19.3 Å². The molecule has 0 aliphatic heterocycles. The van der Waals surface area contributed by atoms with Gasteiger partial charge in [-0.15, -0.1) is 4.91 Å². The summed E-state index contributed by atoms with van der Waals surface area (Å²) in [7, 11) is 1.57. The summed E-state index contributed by atoms with van der Waals surface area (Å²) < 4.78 is 29.6. The van der Waals surface area contributed by atoms with Gasteiger partial charge in [0.2, 0.25) is 0 Å². The van der Waals surface area contributed by atoms with E-state index >= 15 is 0 Å². The van der Waals surface area contributed by atoms with Crippen molar-refractivity contribution < 1.29 is 22.8 Å². The average Bonchev–Trinajstić information content (AvgIpc) is 2.87. The Labute approximate surface area is 202 Å². The van der Waals surface area contributed by atoms with Crippen LogP contribution in [0.3, 0.4) is 0 Å². The van der Waals surface area contributed by atoms with Crippen molar-refractivity contribution in [2.24, 2.45) is 5.18 Å². The Balaban J connectivity index is 1.70. The van der Waals surface area contributed by atoms with Gasteiger partial charge in [-0.25, -0.2) is 9.18 Å². The van der Waals surface area contributed by atoms with E-state index < -0.39 is 24.1 Å². The Kier molecular flexibility index (Phi) is 9.36. The molecular formula is C24H24FN3O5S. The van der Waals surface area contributed by atoms with Crippen LogP contribution in [-0.4, -0.2) is 24.2 Å². The summed E-state index contributed by atoms with van der Waals surface area (Å²) in [6.45, 7) is 0.0522. The summed E-state index contributed by atoms with van der Waals surface area (Å²) in [5, 5.41) is 5.68. The van der Waals surface area contributed by atoms with E-state index in [1.165, 1.54) is 12.3 Å². The summed E-state index contributed by atoms with van der Waals surface area (Å²) in [4.78, 5) is 27.1. The van der Waals surface area contributed by atoms with Gasteiger partial charge in [-0.05, 0) is 72.4 Å². The number of carbonyl (C=O) groups excluding carboxylic acids is 1. The van der Waals surface area contributed by atoms with Crippen molar-refractivity contribution >= 4 is 24.7 Å². The molecule has 1 amide bonds. The lowest BCUT2D eigenvalue weighted by Crippen LogP contribution is -2.40. The molecule has 0 fully saturated rings. The Hall–Kier alpha value is -3.50. The van der Waals surface area contributed by atoms with E-state index in [1.54, 1.807) is 55.6 Å². The number of nitrogens with zero attached hydrogens (tertiary/aromatic N) is 2. The monoisotopic (exact) mass is 485 g/mol. The number of carbonyl (C=O) groups is 1. The van der Waals surface area contributed by atoms with Crippen molar-refractivity contribution in [1.82, 2.24) is 10.3 Å². The molecule has 0 saturated carbocycles. The van der Waals surface area contributed by atoms with Crippen LogP contribution in [0.2, 0.25) is 0 Å². The molecule has 10 heteroatoms. The number of halogens is 1. The van der Waals surface area contributed by atoms with Crippen LogP contribution in [0, 0.1) is 10.7 Å². The predicted octanol–water partition coefficient (Wildman–Crippen LogP) is 5.46. The largest absolute Gasteiger partial charge is 0.497 e. The summed E-state index contributed by atoms with van der Waals surface area (Å²) in [5.74, 6) is 0.161. The number of aromatic nitrogens is 1. The number of benzene rings is 2. The smallest absolute Gasteiger partial charge is 0.407 e. The molecule has 0 bridgehead atoms. The molecule has 3 rings (SSSR count). The minimum absolute atomic E-state index is 0.0522. The highest BCUT2D eigenvalue weighted by molar-refractivity contribution is 7.75. The molecule has 178 valence electrons. The van der Waals surface area contributed by atoms with Gasteiger partial charge in [-0.2, -0.15) is 0 Å². The molecule has 0 aliphatic carbocycles. The second-order valence-corrected chi connectivity index (χ2v) is 7.64. The van der Waals surface area contributed by atoms with Gasteiger partial charge in [0.1, 0.15) is 30.0 Å². The van der Waals surface area contributed by atoms with Crippen LogP contribution in [0.15, 0.2) is 72.2 Å². The van der Waals surface area contributed by atoms with Gasteiger partial charge in [0, 0.05) is 11.8 Å². The SMILES string of the molecule is COc1ccc(COC(=O)N[C@H](CCc2ccc(N=O)cc2)[C@H](OS)c2cncc(F)c2)cc1. The maximum Gasteiger partial charge on any atom is 0.407 e. The average molecular weight is 486 g/mol. The number of alkyl carbamates (subject to hydrolysis) is 1. The molecule has 2 aromatic carbocycles. The highest BCUT2D eigenvalue weighted by Gasteiger charge is 2.27. The van der Waals surface area contributed by atoms with Crippen molar-refractivity contribution in [3.8, 4) is 5.75 Å². The Bertz CT molecular complexity index is 1080. The van der Waals surface area contributed by atoms with Gasteiger partial charge in [0.25, 0.3) is 0 Å². The van der Waals surface area contributed by atoms with Gasteiger partial charge in [-0.3, -0.25) is 4.98 Å². The zero-order valence-electron chi connectivity index (χ0n) is 18.4. The van der Waals surface area contributed by atoms with E-state index in [-0.39, 0.29) is 6.61 Å². The fourth-order valence-corrected chi connectivity index (χ4v) is 3.63. The van der Waals surface area contributed by atoms with E-state index in [0.717, 1.165) is 17.3 Å². The number of hydrogen-bond acceptors (Lipinski definition) is 8. The fourth-order valence-electron chi connectivity index (χ4n) is 3.36. The molecule has 1 N–H and O–H groups in total. The topological polar surface area (TPSA) is 99.1 Å². The van der Waals surface area contributed by atoms with Gasteiger partial charge >= 0.3 is 6.09 Å². The summed E-state index contributed by atoms with van der Waals surface area (Å²) in [5.41, 5.74) is 2.44. The molecule has 0 unspecified atom stereocenters. The predicted molar refractivity (Wildman–Crippen MR) is 127 cm³/mol. The number of ether oxygens (including phenoxy) is 2. The number of aryl methyl sites for hydroxylation is 1. The quantitative estimate of drug-likeness (QED) is 0.213. The minimum Gasteiger partial charge on any atom is -0.497 e. The third-order valence-corrected chi connectivity index (χ3v) is 5.38. The first kappa shape index (κ1) is 25.1. The molecule has 2 atom stereocenters. The van der Waals surface area contributed by atoms with Crippen LogP contribution in [0.1, 0.15) is 29.2 Å².